The fraction of sp³-hybridized carbons (Fsp3) is 0.556. The third-order valence-corrected chi connectivity index (χ3v) is 3.06. The minimum Gasteiger partial charge on any atom is -0.383 e. The predicted octanol–water partition coefficient (Wildman–Crippen LogP) is 2.31. The third kappa shape index (κ3) is 4.09. The Morgan fingerprint density at radius 2 is 2.38 bits per heavy atom. The largest absolute Gasteiger partial charge is 0.383 e. The summed E-state index contributed by atoms with van der Waals surface area (Å²) < 4.78 is 5.79. The molecule has 0 spiro atoms. The van der Waals surface area contributed by atoms with Crippen LogP contribution in [0.25, 0.3) is 0 Å². The molecule has 0 aromatic carbocycles. The van der Waals surface area contributed by atoms with Crippen LogP contribution in [0, 0.1) is 0 Å². The Kier molecular flexibility index (Phi) is 4.73. The highest BCUT2D eigenvalue weighted by molar-refractivity contribution is 7.16. The van der Waals surface area contributed by atoms with Crippen molar-refractivity contribution in [1.82, 2.24) is 0 Å². The van der Waals surface area contributed by atoms with E-state index in [4.69, 9.17) is 22.1 Å². The standard InChI is InChI=1S/C9H14ClNOS/c1-12-6-7(11)2-3-8-4-5-9(10)13-8/h4-5,7H,2-3,6,11H2,1H3. The van der Waals surface area contributed by atoms with Crippen molar-refractivity contribution >= 4 is 22.9 Å². The average Bonchev–Trinajstić information content (AvgIpc) is 2.49. The monoisotopic (exact) mass is 219 g/mol. The molecule has 1 rings (SSSR count). The molecule has 0 aliphatic rings. The molecule has 1 atom stereocenters. The molecule has 0 fully saturated rings. The first-order valence-electron chi connectivity index (χ1n) is 4.21. The van der Waals surface area contributed by atoms with E-state index in [1.165, 1.54) is 4.88 Å². The quantitative estimate of drug-likeness (QED) is 0.825. The topological polar surface area (TPSA) is 35.2 Å². The smallest absolute Gasteiger partial charge is 0.0931 e. The molecule has 1 aromatic rings. The van der Waals surface area contributed by atoms with Crippen LogP contribution in [0.15, 0.2) is 12.1 Å². The molecule has 1 heterocycles. The van der Waals surface area contributed by atoms with E-state index in [2.05, 4.69) is 0 Å². The fourth-order valence-electron chi connectivity index (χ4n) is 1.11. The SMILES string of the molecule is COCC(N)CCc1ccc(Cl)s1. The van der Waals surface area contributed by atoms with Gasteiger partial charge in [-0.1, -0.05) is 11.6 Å². The summed E-state index contributed by atoms with van der Waals surface area (Å²) in [6.07, 6.45) is 1.94. The van der Waals surface area contributed by atoms with Gasteiger partial charge in [0, 0.05) is 18.0 Å². The van der Waals surface area contributed by atoms with E-state index >= 15 is 0 Å². The summed E-state index contributed by atoms with van der Waals surface area (Å²) in [6, 6.07) is 4.10. The first-order valence-corrected chi connectivity index (χ1v) is 5.40. The van der Waals surface area contributed by atoms with Crippen LogP contribution >= 0.6 is 22.9 Å². The Morgan fingerprint density at radius 3 is 2.92 bits per heavy atom. The number of ether oxygens (including phenoxy) is 1. The van der Waals surface area contributed by atoms with Gasteiger partial charge in [0.2, 0.25) is 0 Å². The zero-order valence-corrected chi connectivity index (χ0v) is 9.20. The molecule has 1 aromatic heterocycles. The molecule has 13 heavy (non-hydrogen) atoms. The fourth-order valence-corrected chi connectivity index (χ4v) is 2.21. The predicted molar refractivity (Wildman–Crippen MR) is 57.5 cm³/mol. The molecule has 74 valence electrons. The summed E-state index contributed by atoms with van der Waals surface area (Å²) in [5.41, 5.74) is 5.79. The van der Waals surface area contributed by atoms with Crippen LogP contribution in [0.2, 0.25) is 4.34 Å². The lowest BCUT2D eigenvalue weighted by Crippen LogP contribution is -2.25. The van der Waals surface area contributed by atoms with E-state index < -0.39 is 0 Å². The molecule has 0 aliphatic carbocycles. The summed E-state index contributed by atoms with van der Waals surface area (Å²) in [7, 11) is 1.67. The minimum atomic E-state index is 0.130. The van der Waals surface area contributed by atoms with Crippen LogP contribution in [0.1, 0.15) is 11.3 Å². The number of halogens is 1. The van der Waals surface area contributed by atoms with E-state index in [9.17, 15) is 0 Å². The van der Waals surface area contributed by atoms with Gasteiger partial charge in [-0.2, -0.15) is 0 Å². The molecule has 0 aliphatic heterocycles. The molecule has 0 amide bonds. The van der Waals surface area contributed by atoms with Crippen LogP contribution in [0.5, 0.6) is 0 Å². The van der Waals surface area contributed by atoms with Crippen molar-refractivity contribution in [1.29, 1.82) is 0 Å². The van der Waals surface area contributed by atoms with Crippen LogP contribution in [-0.2, 0) is 11.2 Å². The second kappa shape index (κ2) is 5.60. The summed E-state index contributed by atoms with van der Waals surface area (Å²) in [5, 5.41) is 0. The second-order valence-corrected chi connectivity index (χ2v) is 4.76. The maximum Gasteiger partial charge on any atom is 0.0931 e. The molecular weight excluding hydrogens is 206 g/mol. The molecule has 0 saturated carbocycles. The Bertz CT molecular complexity index is 252. The van der Waals surface area contributed by atoms with E-state index in [0.29, 0.717) is 6.61 Å². The molecular formula is C9H14ClNOS. The zero-order chi connectivity index (χ0) is 9.68. The zero-order valence-electron chi connectivity index (χ0n) is 7.63. The van der Waals surface area contributed by atoms with Crippen molar-refractivity contribution in [3.8, 4) is 0 Å². The number of thiophene rings is 1. The molecule has 0 bridgehead atoms. The van der Waals surface area contributed by atoms with E-state index in [1.54, 1.807) is 18.4 Å². The lowest BCUT2D eigenvalue weighted by atomic mass is 10.1. The third-order valence-electron chi connectivity index (χ3n) is 1.77. The number of rotatable bonds is 5. The van der Waals surface area contributed by atoms with Crippen molar-refractivity contribution in [2.75, 3.05) is 13.7 Å². The maximum absolute atomic E-state index is 5.80. The lowest BCUT2D eigenvalue weighted by Gasteiger charge is -2.08. The lowest BCUT2D eigenvalue weighted by molar-refractivity contribution is 0.177. The minimum absolute atomic E-state index is 0.130. The Balaban J connectivity index is 2.26. The van der Waals surface area contributed by atoms with E-state index in [-0.39, 0.29) is 6.04 Å². The average molecular weight is 220 g/mol. The summed E-state index contributed by atoms with van der Waals surface area (Å²) in [6.45, 7) is 0.624. The van der Waals surface area contributed by atoms with E-state index in [0.717, 1.165) is 17.2 Å². The van der Waals surface area contributed by atoms with Gasteiger partial charge in [-0.05, 0) is 25.0 Å². The van der Waals surface area contributed by atoms with Gasteiger partial charge >= 0.3 is 0 Å². The number of hydrogen-bond donors (Lipinski definition) is 1. The Hall–Kier alpha value is -0.0900. The summed E-state index contributed by atoms with van der Waals surface area (Å²) >= 11 is 7.42. The highest BCUT2D eigenvalue weighted by Crippen LogP contribution is 2.22. The molecule has 1 unspecified atom stereocenters. The number of hydrogen-bond acceptors (Lipinski definition) is 3. The van der Waals surface area contributed by atoms with Crippen LogP contribution in [-0.4, -0.2) is 19.8 Å². The highest BCUT2D eigenvalue weighted by Gasteiger charge is 2.03. The van der Waals surface area contributed by atoms with Gasteiger partial charge in [0.15, 0.2) is 0 Å². The molecule has 2 N–H and O–H groups in total. The first-order chi connectivity index (χ1) is 6.22. The van der Waals surface area contributed by atoms with Crippen LogP contribution in [0.4, 0.5) is 0 Å². The van der Waals surface area contributed by atoms with Crippen molar-refractivity contribution in [3.63, 3.8) is 0 Å². The van der Waals surface area contributed by atoms with Gasteiger partial charge in [0.05, 0.1) is 10.9 Å². The van der Waals surface area contributed by atoms with Gasteiger partial charge in [-0.15, -0.1) is 11.3 Å². The van der Waals surface area contributed by atoms with E-state index in [1.807, 2.05) is 12.1 Å². The van der Waals surface area contributed by atoms with Gasteiger partial charge in [0.1, 0.15) is 0 Å². The normalized spacial score (nSPS) is 13.2. The van der Waals surface area contributed by atoms with Crippen molar-refractivity contribution < 1.29 is 4.74 Å². The molecule has 4 heteroatoms. The summed E-state index contributed by atoms with van der Waals surface area (Å²) in [5.74, 6) is 0. The first kappa shape index (κ1) is 11.0. The van der Waals surface area contributed by atoms with Gasteiger partial charge in [0.25, 0.3) is 0 Å². The van der Waals surface area contributed by atoms with Crippen molar-refractivity contribution in [3.05, 3.63) is 21.3 Å². The van der Waals surface area contributed by atoms with Gasteiger partial charge < -0.3 is 10.5 Å². The number of methoxy groups -OCH3 is 1. The maximum atomic E-state index is 5.80. The molecule has 2 nitrogen and oxygen atoms in total. The van der Waals surface area contributed by atoms with Gasteiger partial charge in [-0.25, -0.2) is 0 Å². The van der Waals surface area contributed by atoms with Gasteiger partial charge in [-0.3, -0.25) is 0 Å². The number of nitrogens with two attached hydrogens (primary N) is 1. The summed E-state index contributed by atoms with van der Waals surface area (Å²) in [4.78, 5) is 1.29. The molecule has 0 saturated heterocycles. The Morgan fingerprint density at radius 1 is 1.62 bits per heavy atom. The Labute approximate surface area is 87.7 Å². The van der Waals surface area contributed by atoms with Crippen molar-refractivity contribution in [2.24, 2.45) is 5.73 Å². The molecule has 0 radical (unpaired) electrons. The highest BCUT2D eigenvalue weighted by atomic mass is 35.5. The van der Waals surface area contributed by atoms with Crippen LogP contribution in [0.3, 0.4) is 0 Å². The van der Waals surface area contributed by atoms with Crippen molar-refractivity contribution in [2.45, 2.75) is 18.9 Å². The number of aryl methyl sites for hydroxylation is 1. The second-order valence-electron chi connectivity index (χ2n) is 2.96. The van der Waals surface area contributed by atoms with Crippen LogP contribution < -0.4 is 5.73 Å².